The number of ether oxygens (including phenoxy) is 1. The van der Waals surface area contributed by atoms with Gasteiger partial charge < -0.3 is 9.64 Å². The van der Waals surface area contributed by atoms with Crippen molar-refractivity contribution < 1.29 is 13.2 Å². The number of anilines is 1. The lowest BCUT2D eigenvalue weighted by molar-refractivity contribution is 0.206. The molecule has 0 aliphatic carbocycles. The molecule has 0 saturated carbocycles. The number of nitrogens with zero attached hydrogens (tertiary/aromatic N) is 4. The van der Waals surface area contributed by atoms with E-state index in [9.17, 15) is 8.42 Å². The SMILES string of the molecule is CCCc1ccc(S(=O)(=O)N2CCC(Oc3cncc(N(C)C)n3)C2)cc1. The second-order valence-corrected chi connectivity index (χ2v) is 8.83. The molecular weight excluding hydrogens is 364 g/mol. The maximum absolute atomic E-state index is 12.9. The molecule has 1 atom stereocenters. The number of sulfonamides is 1. The third-order valence-electron chi connectivity index (χ3n) is 4.55. The molecule has 2 aromatic rings. The summed E-state index contributed by atoms with van der Waals surface area (Å²) in [7, 11) is 0.249. The Balaban J connectivity index is 1.67. The average molecular weight is 391 g/mol. The van der Waals surface area contributed by atoms with Crippen molar-refractivity contribution in [2.75, 3.05) is 32.1 Å². The molecular formula is C19H26N4O3S. The molecule has 8 heteroatoms. The fraction of sp³-hybridized carbons (Fsp3) is 0.474. The summed E-state index contributed by atoms with van der Waals surface area (Å²) in [6.07, 6.45) is 5.59. The molecule has 0 amide bonds. The van der Waals surface area contributed by atoms with Crippen molar-refractivity contribution in [1.82, 2.24) is 14.3 Å². The molecule has 1 aliphatic rings. The molecule has 1 aromatic heterocycles. The zero-order valence-corrected chi connectivity index (χ0v) is 16.8. The van der Waals surface area contributed by atoms with Crippen LogP contribution in [0.5, 0.6) is 5.88 Å². The Kier molecular flexibility index (Phi) is 5.96. The molecule has 1 unspecified atom stereocenters. The highest BCUT2D eigenvalue weighted by molar-refractivity contribution is 7.89. The van der Waals surface area contributed by atoms with Gasteiger partial charge in [0.05, 0.1) is 23.8 Å². The summed E-state index contributed by atoms with van der Waals surface area (Å²) in [5.41, 5.74) is 1.15. The fourth-order valence-electron chi connectivity index (χ4n) is 3.06. The van der Waals surface area contributed by atoms with Crippen LogP contribution in [0, 0.1) is 0 Å². The van der Waals surface area contributed by atoms with E-state index in [-0.39, 0.29) is 6.10 Å². The van der Waals surface area contributed by atoms with Crippen LogP contribution < -0.4 is 9.64 Å². The van der Waals surface area contributed by atoms with Gasteiger partial charge in [-0.3, -0.25) is 4.98 Å². The third kappa shape index (κ3) is 4.56. The summed E-state index contributed by atoms with van der Waals surface area (Å²) in [4.78, 5) is 10.7. The van der Waals surface area contributed by atoms with Crippen molar-refractivity contribution in [3.8, 4) is 5.88 Å². The van der Waals surface area contributed by atoms with E-state index >= 15 is 0 Å². The van der Waals surface area contributed by atoms with Crippen LogP contribution in [0.15, 0.2) is 41.6 Å². The molecule has 27 heavy (non-hydrogen) atoms. The Morgan fingerprint density at radius 2 is 1.96 bits per heavy atom. The van der Waals surface area contributed by atoms with E-state index in [2.05, 4.69) is 16.9 Å². The Labute approximate surface area is 161 Å². The smallest absolute Gasteiger partial charge is 0.243 e. The monoisotopic (exact) mass is 390 g/mol. The lowest BCUT2D eigenvalue weighted by atomic mass is 10.1. The Morgan fingerprint density at radius 1 is 1.22 bits per heavy atom. The van der Waals surface area contributed by atoms with Crippen LogP contribution in [0.4, 0.5) is 5.82 Å². The summed E-state index contributed by atoms with van der Waals surface area (Å²) < 4.78 is 33.1. The first kappa shape index (κ1) is 19.6. The van der Waals surface area contributed by atoms with Gasteiger partial charge >= 0.3 is 0 Å². The molecule has 146 valence electrons. The number of aryl methyl sites for hydroxylation is 1. The van der Waals surface area contributed by atoms with Crippen LogP contribution in [-0.2, 0) is 16.4 Å². The van der Waals surface area contributed by atoms with Crippen LogP contribution in [0.3, 0.4) is 0 Å². The Morgan fingerprint density at radius 3 is 2.63 bits per heavy atom. The maximum Gasteiger partial charge on any atom is 0.243 e. The van der Waals surface area contributed by atoms with E-state index in [1.165, 1.54) is 4.31 Å². The molecule has 1 aliphatic heterocycles. The Bertz CT molecular complexity index is 869. The van der Waals surface area contributed by atoms with Gasteiger partial charge in [-0.15, -0.1) is 0 Å². The number of rotatable bonds is 7. The van der Waals surface area contributed by atoms with Crippen LogP contribution in [-0.4, -0.2) is 56.0 Å². The minimum atomic E-state index is -3.51. The standard InChI is InChI=1S/C19H26N4O3S/c1-4-5-15-6-8-17(9-7-15)27(24,25)23-11-10-16(14-23)26-19-13-20-12-18(21-19)22(2)3/h6-9,12-13,16H,4-5,10-11,14H2,1-3H3. The molecule has 0 N–H and O–H groups in total. The predicted octanol–water partition coefficient (Wildman–Crippen LogP) is 2.34. The molecule has 7 nitrogen and oxygen atoms in total. The fourth-order valence-corrected chi connectivity index (χ4v) is 4.55. The lowest BCUT2D eigenvalue weighted by Gasteiger charge is -2.18. The minimum Gasteiger partial charge on any atom is -0.472 e. The first-order valence-electron chi connectivity index (χ1n) is 9.15. The first-order valence-corrected chi connectivity index (χ1v) is 10.6. The summed E-state index contributed by atoms with van der Waals surface area (Å²) in [6, 6.07) is 7.17. The highest BCUT2D eigenvalue weighted by atomic mass is 32.2. The van der Waals surface area contributed by atoms with Crippen LogP contribution in [0.1, 0.15) is 25.3 Å². The molecule has 0 bridgehead atoms. The van der Waals surface area contributed by atoms with Crippen LogP contribution in [0.25, 0.3) is 0 Å². The van der Waals surface area contributed by atoms with Gasteiger partial charge in [-0.05, 0) is 30.5 Å². The van der Waals surface area contributed by atoms with Gasteiger partial charge in [0.25, 0.3) is 0 Å². The van der Waals surface area contributed by atoms with Crippen molar-refractivity contribution in [1.29, 1.82) is 0 Å². The predicted molar refractivity (Wildman–Crippen MR) is 105 cm³/mol. The number of benzene rings is 1. The molecule has 0 radical (unpaired) electrons. The van der Waals surface area contributed by atoms with Gasteiger partial charge in [-0.2, -0.15) is 9.29 Å². The molecule has 2 heterocycles. The van der Waals surface area contributed by atoms with Crippen LogP contribution >= 0.6 is 0 Å². The van der Waals surface area contributed by atoms with E-state index in [0.29, 0.717) is 36.1 Å². The van der Waals surface area contributed by atoms with Crippen molar-refractivity contribution >= 4 is 15.8 Å². The zero-order valence-electron chi connectivity index (χ0n) is 16.0. The molecule has 0 spiro atoms. The summed E-state index contributed by atoms with van der Waals surface area (Å²) >= 11 is 0. The van der Waals surface area contributed by atoms with Gasteiger partial charge in [-0.1, -0.05) is 25.5 Å². The zero-order chi connectivity index (χ0) is 19.4. The topological polar surface area (TPSA) is 75.6 Å². The summed E-state index contributed by atoms with van der Waals surface area (Å²) in [5, 5.41) is 0. The van der Waals surface area contributed by atoms with Gasteiger partial charge in [0.2, 0.25) is 15.9 Å². The highest BCUT2D eigenvalue weighted by Crippen LogP contribution is 2.24. The van der Waals surface area contributed by atoms with Crippen LogP contribution in [0.2, 0.25) is 0 Å². The normalized spacial score (nSPS) is 17.8. The minimum absolute atomic E-state index is 0.231. The van der Waals surface area contributed by atoms with Gasteiger partial charge in [0.1, 0.15) is 6.10 Å². The maximum atomic E-state index is 12.9. The third-order valence-corrected chi connectivity index (χ3v) is 6.43. The van der Waals surface area contributed by atoms with E-state index < -0.39 is 10.0 Å². The number of hydrogen-bond donors (Lipinski definition) is 0. The highest BCUT2D eigenvalue weighted by Gasteiger charge is 2.33. The van der Waals surface area contributed by atoms with Crippen molar-refractivity contribution in [3.63, 3.8) is 0 Å². The lowest BCUT2D eigenvalue weighted by Crippen LogP contribution is -2.31. The summed E-state index contributed by atoms with van der Waals surface area (Å²) in [6.45, 7) is 2.85. The first-order chi connectivity index (χ1) is 12.9. The van der Waals surface area contributed by atoms with Gasteiger partial charge in [-0.25, -0.2) is 8.42 Å². The average Bonchev–Trinajstić information content (AvgIpc) is 3.12. The molecule has 1 fully saturated rings. The molecule has 1 aromatic carbocycles. The van der Waals surface area contributed by atoms with E-state index in [1.807, 2.05) is 31.1 Å². The number of aromatic nitrogens is 2. The van der Waals surface area contributed by atoms with E-state index in [0.717, 1.165) is 18.4 Å². The van der Waals surface area contributed by atoms with Gasteiger partial charge in [0.15, 0.2) is 5.82 Å². The number of hydrogen-bond acceptors (Lipinski definition) is 6. The quantitative estimate of drug-likeness (QED) is 0.722. The molecule has 3 rings (SSSR count). The van der Waals surface area contributed by atoms with Crippen molar-refractivity contribution in [3.05, 3.63) is 42.2 Å². The van der Waals surface area contributed by atoms with Gasteiger partial charge in [0, 0.05) is 20.6 Å². The van der Waals surface area contributed by atoms with Crippen molar-refractivity contribution in [2.24, 2.45) is 0 Å². The largest absolute Gasteiger partial charge is 0.472 e. The Hall–Kier alpha value is -2.19. The van der Waals surface area contributed by atoms with Crippen molar-refractivity contribution in [2.45, 2.75) is 37.2 Å². The second-order valence-electron chi connectivity index (χ2n) is 6.90. The second kappa shape index (κ2) is 8.22. The summed E-state index contributed by atoms with van der Waals surface area (Å²) in [5.74, 6) is 1.11. The van der Waals surface area contributed by atoms with E-state index in [4.69, 9.17) is 4.74 Å². The van der Waals surface area contributed by atoms with E-state index in [1.54, 1.807) is 24.5 Å². The molecule has 1 saturated heterocycles.